The Morgan fingerprint density at radius 2 is 2.33 bits per heavy atom. The number of nitrogens with zero attached hydrogens (tertiary/aromatic N) is 1. The lowest BCUT2D eigenvalue weighted by atomic mass is 10.1. The molecule has 0 saturated carbocycles. The van der Waals surface area contributed by atoms with E-state index in [0.29, 0.717) is 10.8 Å². The Labute approximate surface area is 99.4 Å². The van der Waals surface area contributed by atoms with Gasteiger partial charge in [0, 0.05) is 12.1 Å². The zero-order valence-electron chi connectivity index (χ0n) is 8.87. The predicted octanol–water partition coefficient (Wildman–Crippen LogP) is 3.44. The van der Waals surface area contributed by atoms with Gasteiger partial charge in [0.15, 0.2) is 0 Å². The van der Waals surface area contributed by atoms with Gasteiger partial charge < -0.3 is 0 Å². The molecule has 1 atom stereocenters. The number of thioether (sulfide) groups is 1. The van der Waals surface area contributed by atoms with E-state index in [2.05, 4.69) is 4.98 Å². The summed E-state index contributed by atoms with van der Waals surface area (Å²) >= 11 is 7.17. The molecule has 0 spiro atoms. The van der Waals surface area contributed by atoms with E-state index in [1.54, 1.807) is 12.3 Å². The third-order valence-electron chi connectivity index (χ3n) is 2.22. The molecule has 0 radical (unpaired) electrons. The first kappa shape index (κ1) is 12.5. The zero-order valence-corrected chi connectivity index (χ0v) is 10.4. The van der Waals surface area contributed by atoms with Crippen LogP contribution in [0, 0.1) is 5.92 Å². The summed E-state index contributed by atoms with van der Waals surface area (Å²) in [7, 11) is 0. The van der Waals surface area contributed by atoms with Crippen LogP contribution < -0.4 is 0 Å². The van der Waals surface area contributed by atoms with Crippen LogP contribution in [-0.4, -0.2) is 16.5 Å². The molecule has 82 valence electrons. The van der Waals surface area contributed by atoms with Gasteiger partial charge >= 0.3 is 0 Å². The maximum Gasteiger partial charge on any atom is 0.145 e. The van der Waals surface area contributed by atoms with Gasteiger partial charge in [0.05, 0.1) is 15.8 Å². The minimum atomic E-state index is 0.143. The number of rotatable bonds is 5. The number of pyridine rings is 1. The number of aromatic nitrogens is 1. The summed E-state index contributed by atoms with van der Waals surface area (Å²) in [5.41, 5.74) is 0. The first-order valence-corrected chi connectivity index (χ1v) is 6.27. The highest BCUT2D eigenvalue weighted by atomic mass is 35.5. The summed E-state index contributed by atoms with van der Waals surface area (Å²) in [4.78, 5) is 15.7. The fourth-order valence-electron chi connectivity index (χ4n) is 0.963. The molecule has 1 unspecified atom stereocenters. The van der Waals surface area contributed by atoms with Gasteiger partial charge in [0.2, 0.25) is 0 Å². The van der Waals surface area contributed by atoms with Crippen LogP contribution in [0.5, 0.6) is 0 Å². The summed E-state index contributed by atoms with van der Waals surface area (Å²) in [6, 6.07) is 3.61. The molecular formula is C11H14ClNOS. The van der Waals surface area contributed by atoms with E-state index in [0.717, 1.165) is 11.4 Å². The highest BCUT2D eigenvalue weighted by Crippen LogP contribution is 2.18. The summed E-state index contributed by atoms with van der Waals surface area (Å²) in [6.45, 7) is 3.98. The Morgan fingerprint density at radius 3 is 2.87 bits per heavy atom. The van der Waals surface area contributed by atoms with Crippen LogP contribution in [0.2, 0.25) is 5.02 Å². The van der Waals surface area contributed by atoms with E-state index in [-0.39, 0.29) is 11.7 Å². The minimum absolute atomic E-state index is 0.143. The first-order valence-electron chi connectivity index (χ1n) is 4.90. The number of ketones is 1. The van der Waals surface area contributed by atoms with Gasteiger partial charge in [-0.2, -0.15) is 0 Å². The lowest BCUT2D eigenvalue weighted by Crippen LogP contribution is -2.12. The van der Waals surface area contributed by atoms with Crippen LogP contribution in [0.3, 0.4) is 0 Å². The molecule has 0 amide bonds. The Kier molecular flexibility index (Phi) is 5.12. The predicted molar refractivity (Wildman–Crippen MR) is 64.4 cm³/mol. The molecule has 1 aromatic heterocycles. The van der Waals surface area contributed by atoms with E-state index in [1.807, 2.05) is 19.9 Å². The Balaban J connectivity index is 2.43. The minimum Gasteiger partial charge on any atom is -0.298 e. The van der Waals surface area contributed by atoms with Gasteiger partial charge in [-0.3, -0.25) is 4.79 Å². The lowest BCUT2D eigenvalue weighted by Gasteiger charge is -2.06. The Morgan fingerprint density at radius 1 is 1.60 bits per heavy atom. The van der Waals surface area contributed by atoms with E-state index in [1.165, 1.54) is 11.8 Å². The molecule has 0 saturated heterocycles. The third kappa shape index (κ3) is 4.22. The fraction of sp³-hybridized carbons (Fsp3) is 0.455. The molecule has 0 aromatic carbocycles. The molecule has 1 aromatic rings. The van der Waals surface area contributed by atoms with Crippen LogP contribution in [0.1, 0.15) is 20.3 Å². The molecule has 0 fully saturated rings. The van der Waals surface area contributed by atoms with Gasteiger partial charge in [0.25, 0.3) is 0 Å². The second-order valence-corrected chi connectivity index (χ2v) is 4.81. The number of hydrogen-bond donors (Lipinski definition) is 0. The van der Waals surface area contributed by atoms with Crippen molar-refractivity contribution in [2.75, 3.05) is 5.75 Å². The molecule has 0 N–H and O–H groups in total. The van der Waals surface area contributed by atoms with Crippen LogP contribution in [0.25, 0.3) is 0 Å². The topological polar surface area (TPSA) is 30.0 Å². The molecule has 2 nitrogen and oxygen atoms in total. The fourth-order valence-corrected chi connectivity index (χ4v) is 1.94. The molecule has 1 rings (SSSR count). The van der Waals surface area contributed by atoms with E-state index in [4.69, 9.17) is 11.6 Å². The summed E-state index contributed by atoms with van der Waals surface area (Å²) in [6.07, 6.45) is 2.49. The van der Waals surface area contributed by atoms with E-state index < -0.39 is 0 Å². The van der Waals surface area contributed by atoms with Gasteiger partial charge in [0.1, 0.15) is 5.78 Å². The van der Waals surface area contributed by atoms with Crippen molar-refractivity contribution < 1.29 is 4.79 Å². The smallest absolute Gasteiger partial charge is 0.145 e. The first-order chi connectivity index (χ1) is 7.13. The van der Waals surface area contributed by atoms with Crippen molar-refractivity contribution in [2.45, 2.75) is 25.3 Å². The van der Waals surface area contributed by atoms with Gasteiger partial charge in [-0.25, -0.2) is 4.98 Å². The van der Waals surface area contributed by atoms with Crippen LogP contribution >= 0.6 is 23.4 Å². The molecule has 0 aliphatic heterocycles. The van der Waals surface area contributed by atoms with Crippen LogP contribution in [-0.2, 0) is 4.79 Å². The average molecular weight is 244 g/mol. The molecule has 4 heteroatoms. The standard InChI is InChI=1S/C11H14ClNOS/c1-3-8(2)10(14)7-15-11-5-4-9(12)6-13-11/h4-6,8H,3,7H2,1-2H3. The average Bonchev–Trinajstić information content (AvgIpc) is 2.26. The SMILES string of the molecule is CCC(C)C(=O)CSc1ccc(Cl)cn1. The van der Waals surface area contributed by atoms with Crippen molar-refractivity contribution in [3.8, 4) is 0 Å². The third-order valence-corrected chi connectivity index (χ3v) is 3.41. The van der Waals surface area contributed by atoms with Crippen LogP contribution in [0.4, 0.5) is 0 Å². The lowest BCUT2D eigenvalue weighted by molar-refractivity contribution is -0.119. The van der Waals surface area contributed by atoms with Crippen LogP contribution in [0.15, 0.2) is 23.4 Å². The number of hydrogen-bond acceptors (Lipinski definition) is 3. The van der Waals surface area contributed by atoms with Crippen molar-refractivity contribution in [3.63, 3.8) is 0 Å². The maximum absolute atomic E-state index is 11.5. The Bertz CT molecular complexity index is 326. The number of halogens is 1. The van der Waals surface area contributed by atoms with Crippen molar-refractivity contribution in [3.05, 3.63) is 23.4 Å². The van der Waals surface area contributed by atoms with Gasteiger partial charge in [-0.05, 0) is 18.6 Å². The summed E-state index contributed by atoms with van der Waals surface area (Å²) < 4.78 is 0. The van der Waals surface area contributed by atoms with Gasteiger partial charge in [-0.1, -0.05) is 37.2 Å². The number of carbonyl (C=O) groups is 1. The van der Waals surface area contributed by atoms with Crippen molar-refractivity contribution in [1.29, 1.82) is 0 Å². The Hall–Kier alpha value is -0.540. The normalized spacial score (nSPS) is 12.5. The van der Waals surface area contributed by atoms with E-state index in [9.17, 15) is 4.79 Å². The number of carbonyl (C=O) groups excluding carboxylic acids is 1. The number of Topliss-reactive ketones (excluding diaryl/α,β-unsaturated/α-hetero) is 1. The summed E-state index contributed by atoms with van der Waals surface area (Å²) in [5, 5.41) is 1.46. The summed E-state index contributed by atoms with van der Waals surface area (Å²) in [5.74, 6) is 0.910. The monoisotopic (exact) mass is 243 g/mol. The molecule has 0 aliphatic rings. The second-order valence-electron chi connectivity index (χ2n) is 3.38. The maximum atomic E-state index is 11.5. The second kappa shape index (κ2) is 6.13. The molecule has 0 aliphatic carbocycles. The van der Waals surface area contributed by atoms with Crippen molar-refractivity contribution in [2.24, 2.45) is 5.92 Å². The molecular weight excluding hydrogens is 230 g/mol. The van der Waals surface area contributed by atoms with Crippen molar-refractivity contribution >= 4 is 29.1 Å². The van der Waals surface area contributed by atoms with E-state index >= 15 is 0 Å². The highest BCUT2D eigenvalue weighted by molar-refractivity contribution is 7.99. The van der Waals surface area contributed by atoms with Crippen molar-refractivity contribution in [1.82, 2.24) is 4.98 Å². The molecule has 15 heavy (non-hydrogen) atoms. The molecule has 1 heterocycles. The highest BCUT2D eigenvalue weighted by Gasteiger charge is 2.10. The van der Waals surface area contributed by atoms with Gasteiger partial charge in [-0.15, -0.1) is 0 Å². The quantitative estimate of drug-likeness (QED) is 0.742. The molecule has 0 bridgehead atoms. The zero-order chi connectivity index (χ0) is 11.3. The largest absolute Gasteiger partial charge is 0.298 e.